The standard InChI is InChI=1S/C21H32N6O.HI/c1-15-5-4-6-18-16(13-25-20(15)18)7-10-24-21(23-3)26-17-8-11-27(12-9-17)14-19(28)22-2;/h4-6,13,17,25H,7-12,14H2,1-3H3,(H,22,28)(H2,23,24,26);1H. The number of aliphatic imine (C=N–C) groups is 1. The van der Waals surface area contributed by atoms with Crippen LogP contribution in [0.3, 0.4) is 0 Å². The van der Waals surface area contributed by atoms with E-state index in [1.54, 1.807) is 7.05 Å². The van der Waals surface area contributed by atoms with Crippen LogP contribution in [-0.2, 0) is 11.2 Å². The number of aromatic amines is 1. The fourth-order valence-electron chi connectivity index (χ4n) is 3.79. The molecule has 0 unspecified atom stereocenters. The first-order chi connectivity index (χ1) is 13.6. The van der Waals surface area contributed by atoms with E-state index in [0.717, 1.165) is 44.9 Å². The molecule has 0 atom stereocenters. The van der Waals surface area contributed by atoms with Gasteiger partial charge < -0.3 is 20.9 Å². The maximum Gasteiger partial charge on any atom is 0.233 e. The zero-order chi connectivity index (χ0) is 19.9. The predicted molar refractivity (Wildman–Crippen MR) is 130 cm³/mol. The van der Waals surface area contributed by atoms with E-state index >= 15 is 0 Å². The molecule has 0 bridgehead atoms. The molecule has 0 aliphatic carbocycles. The van der Waals surface area contributed by atoms with E-state index in [1.165, 1.54) is 22.0 Å². The number of hydrogen-bond donors (Lipinski definition) is 4. The van der Waals surface area contributed by atoms with Crippen LogP contribution in [0.2, 0.25) is 0 Å². The van der Waals surface area contributed by atoms with Gasteiger partial charge in [0.25, 0.3) is 0 Å². The average molecular weight is 512 g/mol. The summed E-state index contributed by atoms with van der Waals surface area (Å²) in [7, 11) is 3.49. The number of nitrogens with zero attached hydrogens (tertiary/aromatic N) is 2. The fourth-order valence-corrected chi connectivity index (χ4v) is 3.79. The van der Waals surface area contributed by atoms with Crippen LogP contribution < -0.4 is 16.0 Å². The Morgan fingerprint density at radius 3 is 2.76 bits per heavy atom. The zero-order valence-electron chi connectivity index (χ0n) is 17.5. The quantitative estimate of drug-likeness (QED) is 0.271. The third-order valence-corrected chi connectivity index (χ3v) is 5.49. The highest BCUT2D eigenvalue weighted by Crippen LogP contribution is 2.21. The van der Waals surface area contributed by atoms with E-state index in [9.17, 15) is 4.79 Å². The number of benzene rings is 1. The number of carbonyl (C=O) groups excluding carboxylic acids is 1. The van der Waals surface area contributed by atoms with Gasteiger partial charge in [-0.3, -0.25) is 14.7 Å². The summed E-state index contributed by atoms with van der Waals surface area (Å²) >= 11 is 0. The molecule has 1 aliphatic rings. The Morgan fingerprint density at radius 2 is 2.07 bits per heavy atom. The number of carbonyl (C=O) groups is 1. The van der Waals surface area contributed by atoms with E-state index in [2.05, 4.69) is 62.1 Å². The van der Waals surface area contributed by atoms with Crippen molar-refractivity contribution in [2.45, 2.75) is 32.2 Å². The summed E-state index contributed by atoms with van der Waals surface area (Å²) in [6.07, 6.45) is 5.07. The number of nitrogens with one attached hydrogen (secondary N) is 4. The molecule has 2 aromatic rings. The van der Waals surface area contributed by atoms with Gasteiger partial charge in [0.15, 0.2) is 5.96 Å². The number of fused-ring (bicyclic) bond motifs is 1. The molecule has 1 fully saturated rings. The lowest BCUT2D eigenvalue weighted by molar-refractivity contribution is -0.122. The first kappa shape index (κ1) is 23.5. The largest absolute Gasteiger partial charge is 0.361 e. The number of para-hydroxylation sites is 1. The molecule has 4 N–H and O–H groups in total. The second-order valence-corrected chi connectivity index (χ2v) is 7.43. The Hall–Kier alpha value is -1.81. The highest BCUT2D eigenvalue weighted by Gasteiger charge is 2.21. The number of H-pyrrole nitrogens is 1. The third-order valence-electron chi connectivity index (χ3n) is 5.49. The van der Waals surface area contributed by atoms with Gasteiger partial charge in [-0.25, -0.2) is 0 Å². The first-order valence-electron chi connectivity index (χ1n) is 10.1. The summed E-state index contributed by atoms with van der Waals surface area (Å²) in [6, 6.07) is 6.81. The summed E-state index contributed by atoms with van der Waals surface area (Å²) < 4.78 is 0. The van der Waals surface area contributed by atoms with E-state index in [4.69, 9.17) is 0 Å². The molecule has 0 spiro atoms. The van der Waals surface area contributed by atoms with Gasteiger partial charge in [-0.2, -0.15) is 0 Å². The molecular weight excluding hydrogens is 479 g/mol. The minimum atomic E-state index is 0. The van der Waals surface area contributed by atoms with Crippen LogP contribution in [0.5, 0.6) is 0 Å². The lowest BCUT2D eigenvalue weighted by Crippen LogP contribution is -2.50. The number of halogens is 1. The van der Waals surface area contributed by atoms with Gasteiger partial charge in [-0.15, -0.1) is 24.0 Å². The topological polar surface area (TPSA) is 84.6 Å². The molecular formula is C21H33IN6O. The van der Waals surface area contributed by atoms with Crippen LogP contribution in [0, 0.1) is 6.92 Å². The molecule has 3 rings (SSSR count). The predicted octanol–water partition coefficient (Wildman–Crippen LogP) is 2.01. The smallest absolute Gasteiger partial charge is 0.233 e. The van der Waals surface area contributed by atoms with E-state index in [1.807, 2.05) is 7.05 Å². The maximum atomic E-state index is 11.5. The Kier molecular flexibility index (Phi) is 9.22. The molecule has 160 valence electrons. The van der Waals surface area contributed by atoms with E-state index < -0.39 is 0 Å². The van der Waals surface area contributed by atoms with Crippen molar-refractivity contribution in [1.29, 1.82) is 0 Å². The van der Waals surface area contributed by atoms with E-state index in [0.29, 0.717) is 12.6 Å². The van der Waals surface area contributed by atoms with Crippen LogP contribution in [-0.4, -0.2) is 68.1 Å². The first-order valence-corrected chi connectivity index (χ1v) is 10.1. The summed E-state index contributed by atoms with van der Waals surface area (Å²) in [4.78, 5) is 21.5. The van der Waals surface area contributed by atoms with Crippen molar-refractivity contribution in [3.63, 3.8) is 0 Å². The SMILES string of the molecule is CN=C(NCCc1c[nH]c2c(C)cccc12)NC1CCN(CC(=O)NC)CC1.I. The van der Waals surface area contributed by atoms with Crippen molar-refractivity contribution >= 4 is 46.7 Å². The van der Waals surface area contributed by atoms with Crippen molar-refractivity contribution in [1.82, 2.24) is 25.8 Å². The molecule has 1 aromatic heterocycles. The van der Waals surface area contributed by atoms with Gasteiger partial charge in [0.05, 0.1) is 6.54 Å². The average Bonchev–Trinajstić information content (AvgIpc) is 3.13. The van der Waals surface area contributed by atoms with Crippen LogP contribution in [0.1, 0.15) is 24.0 Å². The summed E-state index contributed by atoms with van der Waals surface area (Å²) in [5, 5.41) is 10.9. The van der Waals surface area contributed by atoms with Gasteiger partial charge >= 0.3 is 0 Å². The number of piperidine rings is 1. The van der Waals surface area contributed by atoms with Crippen LogP contribution >= 0.6 is 24.0 Å². The number of likely N-dealkylation sites (tertiary alicyclic amines) is 1. The molecule has 2 heterocycles. The second-order valence-electron chi connectivity index (χ2n) is 7.43. The van der Waals surface area contributed by atoms with Gasteiger partial charge in [-0.1, -0.05) is 18.2 Å². The normalized spacial score (nSPS) is 15.8. The molecule has 8 heteroatoms. The van der Waals surface area contributed by atoms with Gasteiger partial charge in [0.2, 0.25) is 5.91 Å². The summed E-state index contributed by atoms with van der Waals surface area (Å²) in [5.41, 5.74) is 3.82. The lowest BCUT2D eigenvalue weighted by Gasteiger charge is -2.32. The van der Waals surface area contributed by atoms with Crippen molar-refractivity contribution < 1.29 is 4.79 Å². The van der Waals surface area contributed by atoms with Gasteiger partial charge in [0.1, 0.15) is 0 Å². The maximum absolute atomic E-state index is 11.5. The minimum Gasteiger partial charge on any atom is -0.361 e. The molecule has 1 saturated heterocycles. The molecule has 29 heavy (non-hydrogen) atoms. The van der Waals surface area contributed by atoms with Crippen molar-refractivity contribution in [3.05, 3.63) is 35.5 Å². The zero-order valence-corrected chi connectivity index (χ0v) is 19.9. The fraction of sp³-hybridized carbons (Fsp3) is 0.524. The monoisotopic (exact) mass is 512 g/mol. The van der Waals surface area contributed by atoms with Gasteiger partial charge in [0, 0.05) is 56.9 Å². The number of hydrogen-bond acceptors (Lipinski definition) is 3. The Labute approximate surface area is 190 Å². The molecule has 1 amide bonds. The van der Waals surface area contributed by atoms with Gasteiger partial charge in [-0.05, 0) is 37.3 Å². The van der Waals surface area contributed by atoms with Crippen molar-refractivity contribution in [2.24, 2.45) is 4.99 Å². The summed E-state index contributed by atoms with van der Waals surface area (Å²) in [5.74, 6) is 0.928. The molecule has 1 aromatic carbocycles. The number of aryl methyl sites for hydroxylation is 1. The van der Waals surface area contributed by atoms with Crippen molar-refractivity contribution in [2.75, 3.05) is 40.3 Å². The lowest BCUT2D eigenvalue weighted by atomic mass is 10.1. The molecule has 0 saturated carbocycles. The third kappa shape index (κ3) is 6.33. The highest BCUT2D eigenvalue weighted by atomic mass is 127. The second kappa shape index (κ2) is 11.4. The minimum absolute atomic E-state index is 0. The van der Waals surface area contributed by atoms with Crippen LogP contribution in [0.4, 0.5) is 0 Å². The highest BCUT2D eigenvalue weighted by molar-refractivity contribution is 14.0. The Balaban J connectivity index is 0.00000300. The molecule has 0 radical (unpaired) electrons. The van der Waals surface area contributed by atoms with E-state index in [-0.39, 0.29) is 29.9 Å². The molecule has 1 aliphatic heterocycles. The Morgan fingerprint density at radius 1 is 1.31 bits per heavy atom. The number of rotatable bonds is 6. The number of likely N-dealkylation sites (N-methyl/N-ethyl adjacent to an activating group) is 1. The Bertz CT molecular complexity index is 826. The number of aromatic nitrogens is 1. The summed E-state index contributed by atoms with van der Waals surface area (Å²) in [6.45, 7) is 5.30. The number of amides is 1. The van der Waals surface area contributed by atoms with Crippen LogP contribution in [0.25, 0.3) is 10.9 Å². The van der Waals surface area contributed by atoms with Crippen molar-refractivity contribution in [3.8, 4) is 0 Å². The number of guanidine groups is 1. The molecule has 7 nitrogen and oxygen atoms in total. The van der Waals surface area contributed by atoms with Crippen LogP contribution in [0.15, 0.2) is 29.4 Å².